The number of halogens is 6. The summed E-state index contributed by atoms with van der Waals surface area (Å²) in [6.45, 7) is 0. The zero-order chi connectivity index (χ0) is 27.5. The lowest BCUT2D eigenvalue weighted by Crippen LogP contribution is -2.58. The van der Waals surface area contributed by atoms with Gasteiger partial charge in [-0.15, -0.1) is 11.6 Å². The van der Waals surface area contributed by atoms with Gasteiger partial charge in [-0.3, -0.25) is 19.2 Å². The number of fused-ring (bicyclic) bond motifs is 5. The first-order valence-electron chi connectivity index (χ1n) is 11.9. The molecule has 0 N–H and O–H groups in total. The molecule has 1 heterocycles. The second kappa shape index (κ2) is 11.0. The lowest BCUT2D eigenvalue weighted by molar-refractivity contribution is -0.157. The average molecular weight is 726 g/mol. The molecule has 2 aliphatic carbocycles. The summed E-state index contributed by atoms with van der Waals surface area (Å²) in [6.07, 6.45) is 0.708. The molecule has 38 heavy (non-hydrogen) atoms. The molecule has 2 aromatic rings. The van der Waals surface area contributed by atoms with Crippen LogP contribution in [-0.4, -0.2) is 55.1 Å². The Morgan fingerprint density at radius 2 is 1.47 bits per heavy atom. The molecule has 5 rings (SSSR count). The quantitative estimate of drug-likeness (QED) is 0.182. The first-order chi connectivity index (χ1) is 18.1. The van der Waals surface area contributed by atoms with Gasteiger partial charge in [0.1, 0.15) is 6.04 Å². The second-order valence-electron chi connectivity index (χ2n) is 9.63. The van der Waals surface area contributed by atoms with E-state index >= 15 is 0 Å². The van der Waals surface area contributed by atoms with Gasteiger partial charge in [0, 0.05) is 31.1 Å². The number of amides is 3. The molecule has 0 unspecified atom stereocenters. The molecule has 6 nitrogen and oxygen atoms in total. The van der Waals surface area contributed by atoms with E-state index in [1.807, 2.05) is 0 Å². The Bertz CT molecular complexity index is 1290. The fourth-order valence-electron chi connectivity index (χ4n) is 5.98. The largest absolute Gasteiger partial charge is 0.292 e. The van der Waals surface area contributed by atoms with Gasteiger partial charge in [-0.05, 0) is 67.1 Å². The summed E-state index contributed by atoms with van der Waals surface area (Å²) in [6, 6.07) is 9.17. The minimum atomic E-state index is -1.25. The van der Waals surface area contributed by atoms with Crippen LogP contribution in [0.25, 0.3) is 0 Å². The highest BCUT2D eigenvalue weighted by Crippen LogP contribution is 2.60. The van der Waals surface area contributed by atoms with E-state index in [-0.39, 0.29) is 49.9 Å². The highest BCUT2D eigenvalue weighted by atomic mass is 79.9. The summed E-state index contributed by atoms with van der Waals surface area (Å²) >= 11 is 31.9. The zero-order valence-corrected chi connectivity index (χ0v) is 25.7. The normalized spacial score (nSPS) is 28.5. The van der Waals surface area contributed by atoms with Gasteiger partial charge in [0.05, 0.1) is 22.4 Å². The highest BCUT2D eigenvalue weighted by Gasteiger charge is 2.68. The van der Waals surface area contributed by atoms with Crippen LogP contribution < -0.4 is 0 Å². The van der Waals surface area contributed by atoms with Crippen LogP contribution >= 0.6 is 78.3 Å². The van der Waals surface area contributed by atoms with Crippen molar-refractivity contribution >= 4 is 102 Å². The maximum atomic E-state index is 14.1. The number of ketones is 1. The van der Waals surface area contributed by atoms with Crippen molar-refractivity contribution in [2.24, 2.45) is 23.7 Å². The van der Waals surface area contributed by atoms with E-state index in [4.69, 9.17) is 46.4 Å². The van der Waals surface area contributed by atoms with Crippen molar-refractivity contribution in [2.45, 2.75) is 28.5 Å². The molecule has 1 aliphatic heterocycles. The van der Waals surface area contributed by atoms with Crippen molar-refractivity contribution in [1.29, 1.82) is 0 Å². The third-order valence-corrected chi connectivity index (χ3v) is 11.9. The van der Waals surface area contributed by atoms with Crippen LogP contribution in [0.5, 0.6) is 0 Å². The molecule has 7 atom stereocenters. The first kappa shape index (κ1) is 28.4. The van der Waals surface area contributed by atoms with Gasteiger partial charge in [0.2, 0.25) is 0 Å². The van der Waals surface area contributed by atoms with Crippen molar-refractivity contribution in [1.82, 2.24) is 10.0 Å². The van der Waals surface area contributed by atoms with E-state index in [0.29, 0.717) is 10.0 Å². The lowest BCUT2D eigenvalue weighted by Gasteiger charge is -2.37. The van der Waals surface area contributed by atoms with E-state index in [1.165, 1.54) is 30.3 Å². The Labute approximate surface area is 256 Å². The number of imide groups is 1. The maximum Gasteiger partial charge on any atom is 0.275 e. The topological polar surface area (TPSA) is 74.8 Å². The van der Waals surface area contributed by atoms with Crippen LogP contribution in [0.2, 0.25) is 15.1 Å². The summed E-state index contributed by atoms with van der Waals surface area (Å²) in [7, 11) is 0. The molecule has 200 valence electrons. The number of carbonyl (C=O) groups excluding carboxylic acids is 4. The van der Waals surface area contributed by atoms with Crippen LogP contribution in [0.3, 0.4) is 0 Å². The minimum Gasteiger partial charge on any atom is -0.292 e. The summed E-state index contributed by atoms with van der Waals surface area (Å²) < 4.78 is 0. The number of hydrogen-bond acceptors (Lipinski definition) is 4. The summed E-state index contributed by atoms with van der Waals surface area (Å²) in [5.41, 5.74) is 0.252. The van der Waals surface area contributed by atoms with Gasteiger partial charge < -0.3 is 0 Å². The standard InChI is InChI=1S/C26H20Br2Cl4N2O4/c27-21-15-10-16(22(21)28)20-19(15)25(37)34(26(20)38)33(24(36)14-6-5-13(31)9-17(14)32)18(7-8-29)23(35)11-1-3-12(30)4-2-11/h1-6,9,15-16,18-22H,7-8,10H2/t15-,16-,18+,19-,20-,21-,22+/m1/s1. The molecule has 0 aromatic heterocycles. The summed E-state index contributed by atoms with van der Waals surface area (Å²) in [4.78, 5) is 55.8. The lowest BCUT2D eigenvalue weighted by atomic mass is 9.81. The maximum absolute atomic E-state index is 14.1. The van der Waals surface area contributed by atoms with Gasteiger partial charge in [-0.2, -0.15) is 5.01 Å². The molecule has 2 aromatic carbocycles. The number of benzene rings is 2. The van der Waals surface area contributed by atoms with E-state index in [2.05, 4.69) is 31.9 Å². The Hall–Kier alpha value is -1.16. The van der Waals surface area contributed by atoms with E-state index in [9.17, 15) is 19.2 Å². The summed E-state index contributed by atoms with van der Waals surface area (Å²) in [5.74, 6) is -3.62. The Morgan fingerprint density at radius 1 is 0.921 bits per heavy atom. The van der Waals surface area contributed by atoms with Gasteiger partial charge in [0.15, 0.2) is 5.78 Å². The number of Topliss-reactive ketones (excluding diaryl/α,β-unsaturated/α-hetero) is 1. The van der Waals surface area contributed by atoms with Crippen molar-refractivity contribution in [3.8, 4) is 0 Å². The monoisotopic (exact) mass is 722 g/mol. The van der Waals surface area contributed by atoms with E-state index in [0.717, 1.165) is 16.4 Å². The van der Waals surface area contributed by atoms with Crippen LogP contribution in [0.15, 0.2) is 42.5 Å². The number of carbonyl (C=O) groups is 4. The van der Waals surface area contributed by atoms with Crippen molar-refractivity contribution in [3.63, 3.8) is 0 Å². The SMILES string of the molecule is O=C(c1ccc(Cl)cc1)[C@H](CCCl)N(C(=O)c1ccc(Cl)cc1Cl)N1C(=O)[C@@H]2[C@H]3C[C@@H]([C@@H](Br)[C@H]3Br)[C@H]2C1=O. The third kappa shape index (κ3) is 4.63. The molecule has 2 bridgehead atoms. The molecule has 0 radical (unpaired) electrons. The molecule has 12 heteroatoms. The molecule has 0 spiro atoms. The Morgan fingerprint density at radius 3 is 2.00 bits per heavy atom. The first-order valence-corrected chi connectivity index (χ1v) is 15.4. The number of alkyl halides is 3. The van der Waals surface area contributed by atoms with Crippen molar-refractivity contribution in [2.75, 3.05) is 5.88 Å². The molecule has 3 aliphatic rings. The summed E-state index contributed by atoms with van der Waals surface area (Å²) in [5, 5.41) is 2.59. The molecule has 3 fully saturated rings. The van der Waals surface area contributed by atoms with Gasteiger partial charge in [-0.25, -0.2) is 5.01 Å². The molecule has 1 saturated heterocycles. The number of rotatable bonds is 7. The fraction of sp³-hybridized carbons (Fsp3) is 0.385. The molecule has 2 saturated carbocycles. The van der Waals surface area contributed by atoms with Crippen molar-refractivity contribution < 1.29 is 19.2 Å². The van der Waals surface area contributed by atoms with Crippen LogP contribution in [0.4, 0.5) is 0 Å². The van der Waals surface area contributed by atoms with Gasteiger partial charge >= 0.3 is 0 Å². The smallest absolute Gasteiger partial charge is 0.275 e. The minimum absolute atomic E-state index is 0.00286. The van der Waals surface area contributed by atoms with Gasteiger partial charge in [0.25, 0.3) is 17.7 Å². The third-order valence-electron chi connectivity index (χ3n) is 7.66. The van der Waals surface area contributed by atoms with E-state index in [1.54, 1.807) is 12.1 Å². The van der Waals surface area contributed by atoms with Crippen LogP contribution in [-0.2, 0) is 9.59 Å². The predicted octanol–water partition coefficient (Wildman–Crippen LogP) is 6.66. The highest BCUT2D eigenvalue weighted by molar-refractivity contribution is 9.12. The fourth-order valence-corrected chi connectivity index (χ4v) is 8.67. The second-order valence-corrected chi connectivity index (χ2v) is 13.4. The number of hydrogen-bond donors (Lipinski definition) is 0. The molecule has 3 amide bonds. The average Bonchev–Trinajstić information content (AvgIpc) is 3.49. The van der Waals surface area contributed by atoms with Crippen molar-refractivity contribution in [3.05, 3.63) is 68.7 Å². The molecular formula is C26H20Br2Cl4N2O4. The Kier molecular flexibility index (Phi) is 8.23. The van der Waals surface area contributed by atoms with Crippen LogP contribution in [0.1, 0.15) is 33.6 Å². The molecular weight excluding hydrogens is 706 g/mol. The number of hydrazine groups is 1. The van der Waals surface area contributed by atoms with Crippen LogP contribution in [0, 0.1) is 23.7 Å². The zero-order valence-electron chi connectivity index (χ0n) is 19.5. The predicted molar refractivity (Wildman–Crippen MR) is 153 cm³/mol. The van der Waals surface area contributed by atoms with E-state index < -0.39 is 41.4 Å². The number of nitrogens with zero attached hydrogens (tertiary/aromatic N) is 2. The van der Waals surface area contributed by atoms with Gasteiger partial charge in [-0.1, -0.05) is 66.7 Å². The Balaban J connectivity index is 1.62.